The lowest BCUT2D eigenvalue weighted by atomic mass is 10.0. The highest BCUT2D eigenvalue weighted by molar-refractivity contribution is 5.36. The van der Waals surface area contributed by atoms with Crippen LogP contribution in [0.3, 0.4) is 0 Å². The van der Waals surface area contributed by atoms with E-state index in [0.29, 0.717) is 0 Å². The molecule has 1 aromatic carbocycles. The van der Waals surface area contributed by atoms with Crippen molar-refractivity contribution >= 4 is 0 Å². The van der Waals surface area contributed by atoms with Gasteiger partial charge in [-0.2, -0.15) is 0 Å². The first-order valence-electron chi connectivity index (χ1n) is 5.79. The molecule has 0 unspecified atom stereocenters. The molecule has 0 aliphatic heterocycles. The Labute approximate surface area is 93.5 Å². The SMILES string of the molecule is CCCCOCc1cc(C)c(C)c(C)c1. The predicted molar refractivity (Wildman–Crippen MR) is 65.2 cm³/mol. The minimum atomic E-state index is 0.752. The van der Waals surface area contributed by atoms with E-state index in [-0.39, 0.29) is 0 Å². The minimum Gasteiger partial charge on any atom is -0.377 e. The fraction of sp³-hybridized carbons (Fsp3) is 0.571. The molecule has 1 nitrogen and oxygen atoms in total. The van der Waals surface area contributed by atoms with Gasteiger partial charge in [0, 0.05) is 6.61 Å². The molecule has 0 spiro atoms. The maximum absolute atomic E-state index is 5.61. The van der Waals surface area contributed by atoms with E-state index in [1.165, 1.54) is 28.7 Å². The van der Waals surface area contributed by atoms with Crippen LogP contribution in [0.4, 0.5) is 0 Å². The quantitative estimate of drug-likeness (QED) is 0.663. The summed E-state index contributed by atoms with van der Waals surface area (Å²) in [6.45, 7) is 10.3. The molecule has 0 bridgehead atoms. The van der Waals surface area contributed by atoms with Crippen molar-refractivity contribution < 1.29 is 4.74 Å². The highest BCUT2D eigenvalue weighted by Gasteiger charge is 2.00. The van der Waals surface area contributed by atoms with E-state index in [0.717, 1.165) is 19.6 Å². The van der Waals surface area contributed by atoms with E-state index in [1.54, 1.807) is 0 Å². The van der Waals surface area contributed by atoms with E-state index in [4.69, 9.17) is 4.74 Å². The van der Waals surface area contributed by atoms with Gasteiger partial charge in [-0.1, -0.05) is 25.5 Å². The minimum absolute atomic E-state index is 0.752. The summed E-state index contributed by atoms with van der Waals surface area (Å²) in [4.78, 5) is 0. The Balaban J connectivity index is 2.55. The van der Waals surface area contributed by atoms with Gasteiger partial charge in [0.1, 0.15) is 0 Å². The summed E-state index contributed by atoms with van der Waals surface area (Å²) in [7, 11) is 0. The Morgan fingerprint density at radius 3 is 2.20 bits per heavy atom. The number of ether oxygens (including phenoxy) is 1. The Bertz CT molecular complexity index is 292. The van der Waals surface area contributed by atoms with E-state index < -0.39 is 0 Å². The van der Waals surface area contributed by atoms with Crippen molar-refractivity contribution in [3.05, 3.63) is 34.4 Å². The first-order chi connectivity index (χ1) is 7.15. The molecule has 1 aromatic rings. The third kappa shape index (κ3) is 3.67. The van der Waals surface area contributed by atoms with Crippen LogP contribution in [0.15, 0.2) is 12.1 Å². The van der Waals surface area contributed by atoms with E-state index >= 15 is 0 Å². The van der Waals surface area contributed by atoms with Gasteiger partial charge in [-0.15, -0.1) is 0 Å². The van der Waals surface area contributed by atoms with Gasteiger partial charge in [0.2, 0.25) is 0 Å². The molecule has 0 saturated carbocycles. The van der Waals surface area contributed by atoms with Gasteiger partial charge in [0.05, 0.1) is 6.61 Å². The second kappa shape index (κ2) is 5.92. The number of unbranched alkanes of at least 4 members (excludes halogenated alkanes) is 1. The molecule has 0 radical (unpaired) electrons. The standard InChI is InChI=1S/C14H22O/c1-5-6-7-15-10-14-8-11(2)13(4)12(3)9-14/h8-9H,5-7,10H2,1-4H3. The van der Waals surface area contributed by atoms with Crippen LogP contribution in [0.1, 0.15) is 42.0 Å². The molecular formula is C14H22O. The van der Waals surface area contributed by atoms with Crippen LogP contribution in [0.25, 0.3) is 0 Å². The van der Waals surface area contributed by atoms with Gasteiger partial charge in [-0.25, -0.2) is 0 Å². The zero-order valence-corrected chi connectivity index (χ0v) is 10.4. The molecule has 0 N–H and O–H groups in total. The lowest BCUT2D eigenvalue weighted by Gasteiger charge is -2.09. The molecule has 0 atom stereocenters. The van der Waals surface area contributed by atoms with Gasteiger partial charge in [-0.05, 0) is 49.4 Å². The van der Waals surface area contributed by atoms with Crippen molar-refractivity contribution in [3.8, 4) is 0 Å². The zero-order valence-electron chi connectivity index (χ0n) is 10.4. The van der Waals surface area contributed by atoms with Crippen LogP contribution in [-0.2, 0) is 11.3 Å². The molecule has 0 aliphatic carbocycles. The highest BCUT2D eigenvalue weighted by atomic mass is 16.5. The largest absolute Gasteiger partial charge is 0.377 e. The summed E-state index contributed by atoms with van der Waals surface area (Å²) in [6, 6.07) is 4.46. The van der Waals surface area contributed by atoms with Crippen LogP contribution in [0.2, 0.25) is 0 Å². The van der Waals surface area contributed by atoms with Gasteiger partial charge in [0.15, 0.2) is 0 Å². The zero-order chi connectivity index (χ0) is 11.3. The monoisotopic (exact) mass is 206 g/mol. The lowest BCUT2D eigenvalue weighted by molar-refractivity contribution is 0.118. The fourth-order valence-corrected chi connectivity index (χ4v) is 1.65. The first kappa shape index (κ1) is 12.3. The molecule has 0 saturated heterocycles. The average molecular weight is 206 g/mol. The fourth-order valence-electron chi connectivity index (χ4n) is 1.65. The first-order valence-corrected chi connectivity index (χ1v) is 5.79. The summed E-state index contributed by atoms with van der Waals surface area (Å²) < 4.78 is 5.61. The van der Waals surface area contributed by atoms with Crippen LogP contribution < -0.4 is 0 Å². The predicted octanol–water partition coefficient (Wildman–Crippen LogP) is 3.93. The smallest absolute Gasteiger partial charge is 0.0717 e. The molecule has 1 rings (SSSR count). The number of rotatable bonds is 5. The van der Waals surface area contributed by atoms with Gasteiger partial charge < -0.3 is 4.74 Å². The van der Waals surface area contributed by atoms with Gasteiger partial charge in [-0.3, -0.25) is 0 Å². The molecule has 0 aliphatic rings. The van der Waals surface area contributed by atoms with Crippen LogP contribution >= 0.6 is 0 Å². The molecule has 15 heavy (non-hydrogen) atoms. The second-order valence-electron chi connectivity index (χ2n) is 4.26. The molecule has 0 amide bonds. The summed E-state index contributed by atoms with van der Waals surface area (Å²) in [5, 5.41) is 0. The Hall–Kier alpha value is -0.820. The average Bonchev–Trinajstić information content (AvgIpc) is 2.21. The van der Waals surface area contributed by atoms with Crippen molar-refractivity contribution in [2.24, 2.45) is 0 Å². The van der Waals surface area contributed by atoms with Crippen molar-refractivity contribution in [1.82, 2.24) is 0 Å². The second-order valence-corrected chi connectivity index (χ2v) is 4.26. The number of benzene rings is 1. The number of hydrogen-bond acceptors (Lipinski definition) is 1. The van der Waals surface area contributed by atoms with Crippen molar-refractivity contribution in [3.63, 3.8) is 0 Å². The van der Waals surface area contributed by atoms with Gasteiger partial charge >= 0.3 is 0 Å². The molecule has 1 heteroatoms. The van der Waals surface area contributed by atoms with Crippen molar-refractivity contribution in [2.75, 3.05) is 6.61 Å². The maximum Gasteiger partial charge on any atom is 0.0717 e. The Kier molecular flexibility index (Phi) is 4.83. The Morgan fingerprint density at radius 2 is 1.67 bits per heavy atom. The van der Waals surface area contributed by atoms with Crippen LogP contribution in [-0.4, -0.2) is 6.61 Å². The number of aryl methyl sites for hydroxylation is 2. The van der Waals surface area contributed by atoms with E-state index in [2.05, 4.69) is 39.8 Å². The summed E-state index contributed by atoms with van der Waals surface area (Å²) in [5.74, 6) is 0. The van der Waals surface area contributed by atoms with E-state index in [1.807, 2.05) is 0 Å². The number of hydrogen-bond donors (Lipinski definition) is 0. The Morgan fingerprint density at radius 1 is 1.07 bits per heavy atom. The van der Waals surface area contributed by atoms with E-state index in [9.17, 15) is 0 Å². The highest BCUT2D eigenvalue weighted by Crippen LogP contribution is 2.16. The third-order valence-electron chi connectivity index (χ3n) is 2.90. The maximum atomic E-state index is 5.61. The summed E-state index contributed by atoms with van der Waals surface area (Å²) >= 11 is 0. The van der Waals surface area contributed by atoms with Crippen molar-refractivity contribution in [2.45, 2.75) is 47.1 Å². The molecule has 84 valence electrons. The summed E-state index contributed by atoms with van der Waals surface area (Å²) in [5.41, 5.74) is 5.42. The molecular weight excluding hydrogens is 184 g/mol. The normalized spacial score (nSPS) is 10.7. The van der Waals surface area contributed by atoms with Gasteiger partial charge in [0.25, 0.3) is 0 Å². The molecule has 0 heterocycles. The van der Waals surface area contributed by atoms with Crippen LogP contribution in [0, 0.1) is 20.8 Å². The molecule has 0 fully saturated rings. The summed E-state index contributed by atoms with van der Waals surface area (Å²) in [6.07, 6.45) is 2.36. The third-order valence-corrected chi connectivity index (χ3v) is 2.90. The topological polar surface area (TPSA) is 9.23 Å². The van der Waals surface area contributed by atoms with Crippen LogP contribution in [0.5, 0.6) is 0 Å². The lowest BCUT2D eigenvalue weighted by Crippen LogP contribution is -1.97. The molecule has 0 aromatic heterocycles. The van der Waals surface area contributed by atoms with Crippen molar-refractivity contribution in [1.29, 1.82) is 0 Å².